The molecule has 1 aromatic heterocycles. The highest BCUT2D eigenvalue weighted by molar-refractivity contribution is 6.39. The lowest BCUT2D eigenvalue weighted by Gasteiger charge is -2.26. The van der Waals surface area contributed by atoms with Gasteiger partial charge < -0.3 is 19.6 Å². The Labute approximate surface area is 166 Å². The lowest BCUT2D eigenvalue weighted by Crippen LogP contribution is -2.38. The van der Waals surface area contributed by atoms with Crippen molar-refractivity contribution >= 4 is 46.0 Å². The molecule has 2 heterocycles. The predicted molar refractivity (Wildman–Crippen MR) is 102 cm³/mol. The smallest absolute Gasteiger partial charge is 0.355 e. The Hall–Kier alpha value is -1.80. The number of carbonyl (C=O) groups is 2. The Morgan fingerprint density at radius 1 is 1.26 bits per heavy atom. The minimum Gasteiger partial charge on any atom is -0.481 e. The van der Waals surface area contributed by atoms with Gasteiger partial charge in [-0.15, -0.1) is 0 Å². The highest BCUT2D eigenvalue weighted by atomic mass is 35.5. The number of fused-ring (bicyclic) bond motifs is 1. The lowest BCUT2D eigenvalue weighted by molar-refractivity contribution is -0.136. The average molecular weight is 415 g/mol. The summed E-state index contributed by atoms with van der Waals surface area (Å²) in [4.78, 5) is 28.7. The van der Waals surface area contributed by atoms with E-state index in [-0.39, 0.29) is 25.1 Å². The van der Waals surface area contributed by atoms with Crippen LogP contribution in [0.25, 0.3) is 10.9 Å². The summed E-state index contributed by atoms with van der Waals surface area (Å²) in [6, 6.07) is 3.22. The number of aliphatic carboxylic acids is 1. The van der Waals surface area contributed by atoms with Crippen molar-refractivity contribution in [3.05, 3.63) is 33.4 Å². The number of carboxylic acids is 1. The Morgan fingerprint density at radius 3 is 2.70 bits per heavy atom. The number of carbonyl (C=O) groups excluding carboxylic acids is 1. The Kier molecular flexibility index (Phi) is 6.59. The summed E-state index contributed by atoms with van der Waals surface area (Å²) in [6.45, 7) is 3.82. The minimum absolute atomic E-state index is 0.125. The Morgan fingerprint density at radius 2 is 2.00 bits per heavy atom. The third-order valence-corrected chi connectivity index (χ3v) is 4.97. The monoisotopic (exact) mass is 414 g/mol. The van der Waals surface area contributed by atoms with Crippen LogP contribution in [0, 0.1) is 0 Å². The van der Waals surface area contributed by atoms with E-state index in [2.05, 4.69) is 9.88 Å². The quantitative estimate of drug-likeness (QED) is 0.676. The Bertz CT molecular complexity index is 846. The van der Waals surface area contributed by atoms with E-state index < -0.39 is 11.9 Å². The number of aromatic nitrogens is 1. The molecule has 1 aromatic carbocycles. The van der Waals surface area contributed by atoms with Gasteiger partial charge in [-0.1, -0.05) is 23.2 Å². The number of rotatable bonds is 7. The zero-order valence-electron chi connectivity index (χ0n) is 14.6. The molecule has 0 bridgehead atoms. The molecule has 2 aromatic rings. The first-order chi connectivity index (χ1) is 13.0. The van der Waals surface area contributed by atoms with E-state index in [1.807, 2.05) is 0 Å². The second-order valence-electron chi connectivity index (χ2n) is 6.27. The number of ether oxygens (including phenoxy) is 2. The Balaban J connectivity index is 1.78. The fourth-order valence-electron chi connectivity index (χ4n) is 3.13. The SMILES string of the molecule is O=C(O)CCc1c(C(=O)OCCN2CCOCC2)[nH]c2cc(Cl)cc(Cl)c12. The van der Waals surface area contributed by atoms with Crippen LogP contribution in [0.5, 0.6) is 0 Å². The van der Waals surface area contributed by atoms with Gasteiger partial charge >= 0.3 is 11.9 Å². The summed E-state index contributed by atoms with van der Waals surface area (Å²) in [6.07, 6.45) is 0.0323. The maximum absolute atomic E-state index is 12.6. The van der Waals surface area contributed by atoms with Crippen LogP contribution in [0.3, 0.4) is 0 Å². The third kappa shape index (κ3) is 4.93. The first kappa shape index (κ1) is 19.9. The van der Waals surface area contributed by atoms with E-state index >= 15 is 0 Å². The first-order valence-corrected chi connectivity index (χ1v) is 9.40. The van der Waals surface area contributed by atoms with Crippen molar-refractivity contribution in [3.8, 4) is 0 Å². The molecule has 0 spiro atoms. The molecule has 1 fully saturated rings. The number of morpholine rings is 1. The number of hydrogen-bond acceptors (Lipinski definition) is 5. The molecule has 146 valence electrons. The van der Waals surface area contributed by atoms with E-state index in [1.54, 1.807) is 12.1 Å². The standard InChI is InChI=1S/C18H20Cl2N2O5/c19-11-9-13(20)16-12(1-2-15(23)24)17(21-14(16)10-11)18(25)27-8-5-22-3-6-26-7-4-22/h9-10,21H,1-8H2,(H,23,24). The van der Waals surface area contributed by atoms with Crippen molar-refractivity contribution in [1.29, 1.82) is 0 Å². The van der Waals surface area contributed by atoms with Crippen LogP contribution < -0.4 is 0 Å². The third-order valence-electron chi connectivity index (χ3n) is 4.46. The number of benzene rings is 1. The predicted octanol–water partition coefficient (Wildman–Crippen LogP) is 2.98. The van der Waals surface area contributed by atoms with Crippen LogP contribution in [-0.4, -0.2) is 66.4 Å². The maximum atomic E-state index is 12.6. The second-order valence-corrected chi connectivity index (χ2v) is 7.12. The van der Waals surface area contributed by atoms with Gasteiger partial charge in [0.15, 0.2) is 0 Å². The van der Waals surface area contributed by atoms with Crippen LogP contribution in [0.15, 0.2) is 12.1 Å². The van der Waals surface area contributed by atoms with Crippen molar-refractivity contribution in [2.24, 2.45) is 0 Å². The maximum Gasteiger partial charge on any atom is 0.355 e. The average Bonchev–Trinajstić information content (AvgIpc) is 2.99. The van der Waals surface area contributed by atoms with Crippen LogP contribution >= 0.6 is 23.2 Å². The molecule has 1 aliphatic rings. The fraction of sp³-hybridized carbons (Fsp3) is 0.444. The largest absolute Gasteiger partial charge is 0.481 e. The van der Waals surface area contributed by atoms with E-state index in [0.29, 0.717) is 46.3 Å². The van der Waals surface area contributed by atoms with Crippen molar-refractivity contribution < 1.29 is 24.2 Å². The van der Waals surface area contributed by atoms with Crippen molar-refractivity contribution in [2.75, 3.05) is 39.5 Å². The lowest BCUT2D eigenvalue weighted by atomic mass is 10.1. The van der Waals surface area contributed by atoms with Crippen LogP contribution in [0.4, 0.5) is 0 Å². The fourth-order valence-corrected chi connectivity index (χ4v) is 3.74. The van der Waals surface area contributed by atoms with Crippen LogP contribution in [0.2, 0.25) is 10.0 Å². The number of hydrogen-bond donors (Lipinski definition) is 2. The zero-order chi connectivity index (χ0) is 19.4. The molecule has 1 saturated heterocycles. The van der Waals surface area contributed by atoms with Crippen molar-refractivity contribution in [3.63, 3.8) is 0 Å². The van der Waals surface area contributed by atoms with Crippen molar-refractivity contribution in [1.82, 2.24) is 9.88 Å². The van der Waals surface area contributed by atoms with Gasteiger partial charge in [-0.05, 0) is 24.1 Å². The van der Waals surface area contributed by atoms with Crippen molar-refractivity contribution in [2.45, 2.75) is 12.8 Å². The molecule has 9 heteroatoms. The highest BCUT2D eigenvalue weighted by Crippen LogP contribution is 2.33. The molecule has 0 atom stereocenters. The number of halogens is 2. The van der Waals surface area contributed by atoms with E-state index in [9.17, 15) is 9.59 Å². The number of esters is 1. The number of aromatic amines is 1. The summed E-state index contributed by atoms with van der Waals surface area (Å²) >= 11 is 12.3. The normalized spacial score (nSPS) is 15.2. The van der Waals surface area contributed by atoms with Gasteiger partial charge in [0.25, 0.3) is 0 Å². The topological polar surface area (TPSA) is 91.9 Å². The van der Waals surface area contributed by atoms with E-state index in [4.69, 9.17) is 37.8 Å². The van der Waals surface area contributed by atoms with Gasteiger partial charge in [-0.25, -0.2) is 4.79 Å². The molecule has 0 aliphatic carbocycles. The molecule has 0 amide bonds. The van der Waals surface area contributed by atoms with Crippen LogP contribution in [0.1, 0.15) is 22.5 Å². The molecular weight excluding hydrogens is 395 g/mol. The molecule has 2 N–H and O–H groups in total. The number of nitrogens with one attached hydrogen (secondary N) is 1. The second kappa shape index (κ2) is 8.93. The van der Waals surface area contributed by atoms with Gasteiger partial charge in [-0.3, -0.25) is 9.69 Å². The molecule has 7 nitrogen and oxygen atoms in total. The summed E-state index contributed by atoms with van der Waals surface area (Å²) in [5.74, 6) is -1.49. The zero-order valence-corrected chi connectivity index (χ0v) is 16.1. The summed E-state index contributed by atoms with van der Waals surface area (Å²) in [5, 5.41) is 10.4. The highest BCUT2D eigenvalue weighted by Gasteiger charge is 2.22. The molecule has 0 radical (unpaired) electrons. The molecule has 27 heavy (non-hydrogen) atoms. The molecule has 0 saturated carbocycles. The molecular formula is C18H20Cl2N2O5. The minimum atomic E-state index is -0.957. The van der Waals surface area contributed by atoms with Gasteiger partial charge in [0.2, 0.25) is 0 Å². The van der Waals surface area contributed by atoms with Crippen LogP contribution in [-0.2, 0) is 20.7 Å². The van der Waals surface area contributed by atoms with Gasteiger partial charge in [0, 0.05) is 42.0 Å². The van der Waals surface area contributed by atoms with Gasteiger partial charge in [-0.2, -0.15) is 0 Å². The number of carboxylic acid groups (broad SMARTS) is 1. The first-order valence-electron chi connectivity index (χ1n) is 8.64. The number of nitrogens with zero attached hydrogens (tertiary/aromatic N) is 1. The molecule has 3 rings (SSSR count). The number of aryl methyl sites for hydroxylation is 1. The summed E-state index contributed by atoms with van der Waals surface area (Å²) in [7, 11) is 0. The molecule has 0 unspecified atom stereocenters. The van der Waals surface area contributed by atoms with Gasteiger partial charge in [0.1, 0.15) is 12.3 Å². The van der Waals surface area contributed by atoms with E-state index in [1.165, 1.54) is 0 Å². The molecule has 1 aliphatic heterocycles. The van der Waals surface area contributed by atoms with E-state index in [0.717, 1.165) is 13.1 Å². The summed E-state index contributed by atoms with van der Waals surface area (Å²) in [5.41, 5.74) is 1.33. The number of H-pyrrole nitrogens is 1. The summed E-state index contributed by atoms with van der Waals surface area (Å²) < 4.78 is 10.7. The van der Waals surface area contributed by atoms with Gasteiger partial charge in [0.05, 0.1) is 18.2 Å².